The van der Waals surface area contributed by atoms with Crippen LogP contribution in [0.1, 0.15) is 199 Å². The van der Waals surface area contributed by atoms with Gasteiger partial charge in [-0.1, -0.05) is 79.7 Å². The number of fused-ring (bicyclic) bond motifs is 8. The van der Waals surface area contributed by atoms with Crippen molar-refractivity contribution in [3.8, 4) is 23.0 Å². The Balaban J connectivity index is 1.91. The Kier molecular flexibility index (Phi) is 35.1. The van der Waals surface area contributed by atoms with Gasteiger partial charge in [0.1, 0.15) is 125 Å². The Morgan fingerprint density at radius 2 is 0.462 bits per heavy atom. The van der Waals surface area contributed by atoms with E-state index in [1.165, 1.54) is 27.7 Å². The van der Waals surface area contributed by atoms with Crippen molar-refractivity contribution >= 4 is 70.9 Å². The van der Waals surface area contributed by atoms with E-state index in [4.69, 9.17) is 56.8 Å². The number of ether oxygens (including phenoxy) is 12. The molecule has 0 aromatic heterocycles. The summed E-state index contributed by atoms with van der Waals surface area (Å²) in [6.45, 7) is 25.5. The molecular weight excluding hydrogens is 1340 g/mol. The zero-order valence-corrected chi connectivity index (χ0v) is 61.0. The van der Waals surface area contributed by atoms with Gasteiger partial charge < -0.3 is 56.8 Å². The molecule has 0 unspecified atom stereocenters. The van der Waals surface area contributed by atoms with Crippen LogP contribution in [0.4, 0.5) is 0 Å². The van der Waals surface area contributed by atoms with Crippen LogP contribution < -0.4 is 18.9 Å². The van der Waals surface area contributed by atoms with Gasteiger partial charge in [-0.2, -0.15) is 0 Å². The summed E-state index contributed by atoms with van der Waals surface area (Å²) >= 11 is 0. The standard InChI is InChI=1S/C80H96O24/c1-13-17-21-93-73-61-29-57(45-101-77(89)49(5)41-97-69(85)25-53(9)81)30-62(73)38-64-32-59(47-103-79(91)51(7)43-99-71(87)27-55(11)83)34-66(75(64)95-23-19-15-3)40-68-36-60(48-104-80(92)52(8)44-100-72(88)28-56(12)84)35-67(76(68)96-24-20-16-4)39-65-33-58(31-63(37-61)74(65)94-22-18-14-2)46-102-78(90)50(6)42-98-70(86)26-54(10)82/h29-36H,5-8,13-28,37-48H2,1-4,9-12H3. The number of esters is 8. The maximum atomic E-state index is 13.8. The average molecular weight is 1440 g/mol. The molecule has 0 atom stereocenters. The molecule has 0 fully saturated rings. The zero-order valence-electron chi connectivity index (χ0n) is 61.0. The van der Waals surface area contributed by atoms with Crippen LogP contribution in [0.25, 0.3) is 0 Å². The van der Waals surface area contributed by atoms with Crippen LogP contribution in [0.5, 0.6) is 23.0 Å². The molecule has 0 saturated heterocycles. The van der Waals surface area contributed by atoms with Gasteiger partial charge in [0.05, 0.1) is 48.7 Å². The molecule has 5 rings (SSSR count). The number of Topliss-reactive ketones (excluding diaryl/α,β-unsaturated/α-hetero) is 4. The first-order valence-corrected chi connectivity index (χ1v) is 34.7. The van der Waals surface area contributed by atoms with Crippen molar-refractivity contribution in [1.82, 2.24) is 0 Å². The predicted molar refractivity (Wildman–Crippen MR) is 379 cm³/mol. The number of ketones is 4. The van der Waals surface area contributed by atoms with Gasteiger partial charge in [0.25, 0.3) is 0 Å². The molecule has 0 saturated carbocycles. The molecule has 8 bridgehead atoms. The highest BCUT2D eigenvalue weighted by Crippen LogP contribution is 2.42. The topological polar surface area (TPSA) is 316 Å². The first-order valence-electron chi connectivity index (χ1n) is 34.7. The smallest absolute Gasteiger partial charge is 0.337 e. The molecule has 24 nitrogen and oxygen atoms in total. The third-order valence-corrected chi connectivity index (χ3v) is 15.5. The van der Waals surface area contributed by atoms with Crippen LogP contribution in [0.15, 0.2) is 97.1 Å². The lowest BCUT2D eigenvalue weighted by atomic mass is 9.88. The molecule has 0 radical (unpaired) electrons. The van der Waals surface area contributed by atoms with Gasteiger partial charge in [-0.15, -0.1) is 0 Å². The number of rotatable bonds is 44. The number of carbonyl (C=O) groups is 12. The molecule has 4 aromatic carbocycles. The number of hydrogen-bond acceptors (Lipinski definition) is 24. The van der Waals surface area contributed by atoms with E-state index >= 15 is 0 Å². The lowest BCUT2D eigenvalue weighted by Gasteiger charge is -2.25. The minimum absolute atomic E-state index is 0.0359. The van der Waals surface area contributed by atoms with Crippen LogP contribution in [0, 0.1) is 0 Å². The van der Waals surface area contributed by atoms with E-state index < -0.39 is 123 Å². The van der Waals surface area contributed by atoms with Crippen molar-refractivity contribution in [1.29, 1.82) is 0 Å². The number of unbranched alkanes of at least 4 members (excludes halogenated alkanes) is 4. The molecule has 1 aliphatic carbocycles. The van der Waals surface area contributed by atoms with E-state index in [-0.39, 0.29) is 101 Å². The second kappa shape index (κ2) is 43.4. The maximum absolute atomic E-state index is 13.8. The SMILES string of the molecule is C=C(COC(=O)CC(C)=O)C(=O)OCc1cc2c(OCCCC)c(c1)Cc1cc(COC(=O)C(=C)COC(=O)CC(C)=O)cc(c1OCCCC)Cc1cc(COC(=O)C(=C)COC(=O)CC(C)=O)cc(c1OCCCC)Cc1cc(COC(=O)C(=C)COC(=O)CC(C)=O)cc(c1OCCCC)C2. The second-order valence-corrected chi connectivity index (χ2v) is 25.4. The molecule has 0 amide bonds. The number of hydrogen-bond donors (Lipinski definition) is 0. The average Bonchev–Trinajstić information content (AvgIpc) is 0.775. The summed E-state index contributed by atoms with van der Waals surface area (Å²) in [5, 5.41) is 0. The number of benzene rings is 4. The van der Waals surface area contributed by atoms with Crippen molar-refractivity contribution < 1.29 is 114 Å². The largest absolute Gasteiger partial charge is 0.493 e. The molecule has 1 aliphatic rings. The Bertz CT molecular complexity index is 3280. The molecule has 0 heterocycles. The second-order valence-electron chi connectivity index (χ2n) is 25.4. The quantitative estimate of drug-likeness (QED) is 0.0115. The molecule has 4 aromatic rings. The minimum atomic E-state index is -0.898. The van der Waals surface area contributed by atoms with Crippen LogP contribution in [-0.2, 0) is 148 Å². The normalized spacial score (nSPS) is 11.3. The summed E-state index contributed by atoms with van der Waals surface area (Å²) in [7, 11) is 0. The van der Waals surface area contributed by atoms with Crippen LogP contribution in [0.2, 0.25) is 0 Å². The third kappa shape index (κ3) is 28.7. The Morgan fingerprint density at radius 3 is 0.615 bits per heavy atom. The molecule has 0 N–H and O–H groups in total. The molecule has 104 heavy (non-hydrogen) atoms. The van der Waals surface area contributed by atoms with Crippen LogP contribution in [0.3, 0.4) is 0 Å². The fourth-order valence-electron chi connectivity index (χ4n) is 10.5. The van der Waals surface area contributed by atoms with Gasteiger partial charge in [0, 0.05) is 25.7 Å². The van der Waals surface area contributed by atoms with Crippen LogP contribution in [-0.4, -0.2) is 124 Å². The monoisotopic (exact) mass is 1440 g/mol. The lowest BCUT2D eigenvalue weighted by molar-refractivity contribution is -0.148. The van der Waals surface area contributed by atoms with Gasteiger partial charge >= 0.3 is 47.8 Å². The predicted octanol–water partition coefficient (Wildman–Crippen LogP) is 11.6. The van der Waals surface area contributed by atoms with E-state index in [1.807, 2.05) is 76.2 Å². The Labute approximate surface area is 607 Å². The third-order valence-electron chi connectivity index (χ3n) is 15.5. The molecule has 0 aliphatic heterocycles. The molecule has 0 spiro atoms. The summed E-state index contributed by atoms with van der Waals surface area (Å²) in [4.78, 5) is 151. The van der Waals surface area contributed by atoms with Gasteiger partial charge in [-0.05, 0) is 169 Å². The summed E-state index contributed by atoms with van der Waals surface area (Å²) in [6, 6.07) is 14.6. The zero-order chi connectivity index (χ0) is 76.4. The number of carbonyl (C=O) groups excluding carboxylic acids is 12. The fraction of sp³-hybridized carbons (Fsp3) is 0.450. The summed E-state index contributed by atoms with van der Waals surface area (Å²) in [6.07, 6.45) is 3.60. The highest BCUT2D eigenvalue weighted by atomic mass is 16.6. The van der Waals surface area contributed by atoms with Crippen molar-refractivity contribution in [3.05, 3.63) is 164 Å². The van der Waals surface area contributed by atoms with E-state index in [1.54, 1.807) is 0 Å². The van der Waals surface area contributed by atoms with E-state index in [0.717, 1.165) is 25.7 Å². The highest BCUT2D eigenvalue weighted by Gasteiger charge is 2.28. The molecular formula is C80H96O24. The van der Waals surface area contributed by atoms with Gasteiger partial charge in [0.2, 0.25) is 0 Å². The Hall–Kier alpha value is -10.5. The molecule has 24 heteroatoms. The van der Waals surface area contributed by atoms with Gasteiger partial charge in [0.15, 0.2) is 0 Å². The first kappa shape index (κ1) is 84.1. The van der Waals surface area contributed by atoms with Crippen LogP contribution >= 0.6 is 0 Å². The summed E-state index contributed by atoms with van der Waals surface area (Å²) in [5.74, 6) is -6.98. The molecule has 560 valence electrons. The first-order chi connectivity index (χ1) is 49.6. The lowest BCUT2D eigenvalue weighted by Crippen LogP contribution is -2.17. The fourth-order valence-corrected chi connectivity index (χ4v) is 10.5. The summed E-state index contributed by atoms with van der Waals surface area (Å²) in [5.41, 5.74) is 5.59. The Morgan fingerprint density at radius 1 is 0.288 bits per heavy atom. The summed E-state index contributed by atoms with van der Waals surface area (Å²) < 4.78 is 72.0. The van der Waals surface area contributed by atoms with E-state index in [0.29, 0.717) is 115 Å². The van der Waals surface area contributed by atoms with Gasteiger partial charge in [-0.25, -0.2) is 19.2 Å². The van der Waals surface area contributed by atoms with Crippen molar-refractivity contribution in [3.63, 3.8) is 0 Å². The van der Waals surface area contributed by atoms with Gasteiger partial charge in [-0.3, -0.25) is 38.4 Å². The van der Waals surface area contributed by atoms with Crippen molar-refractivity contribution in [2.75, 3.05) is 52.9 Å². The van der Waals surface area contributed by atoms with Crippen molar-refractivity contribution in [2.24, 2.45) is 0 Å². The van der Waals surface area contributed by atoms with E-state index in [2.05, 4.69) is 26.3 Å². The highest BCUT2D eigenvalue weighted by molar-refractivity contribution is 5.97. The maximum Gasteiger partial charge on any atom is 0.337 e. The van der Waals surface area contributed by atoms with Crippen molar-refractivity contribution in [2.45, 2.75) is 185 Å². The minimum Gasteiger partial charge on any atom is -0.493 e. The van der Waals surface area contributed by atoms with E-state index in [9.17, 15) is 57.5 Å².